The molecule has 0 bridgehead atoms. The molecule has 0 aromatic rings. The molecule has 0 aromatic carbocycles. The van der Waals surface area contributed by atoms with Crippen molar-refractivity contribution in [2.24, 2.45) is 0 Å². The molecule has 5 heteroatoms. The minimum Gasteiger partial charge on any atom is -0.300 e. The lowest BCUT2D eigenvalue weighted by atomic mass is 10.0. The molecule has 0 aromatic heterocycles. The normalized spacial score (nSPS) is 11.7. The molecule has 0 aliphatic carbocycles. The summed E-state index contributed by atoms with van der Waals surface area (Å²) in [5, 5.41) is 0. The van der Waals surface area contributed by atoms with Crippen molar-refractivity contribution in [2.45, 2.75) is 90.4 Å². The lowest BCUT2D eigenvalue weighted by molar-refractivity contribution is -0.118. The summed E-state index contributed by atoms with van der Waals surface area (Å²) in [6.07, 6.45) is 13.9. The first-order valence-corrected chi connectivity index (χ1v) is 10.0. The van der Waals surface area contributed by atoms with E-state index in [1.54, 1.807) is 0 Å². The van der Waals surface area contributed by atoms with Crippen LogP contribution in [-0.4, -0.2) is 24.5 Å². The van der Waals surface area contributed by atoms with E-state index >= 15 is 0 Å². The molecule has 0 spiro atoms. The fourth-order valence-electron chi connectivity index (χ4n) is 2.35. The molecule has 0 amide bonds. The van der Waals surface area contributed by atoms with Gasteiger partial charge in [-0.15, -0.1) is 0 Å². The van der Waals surface area contributed by atoms with Gasteiger partial charge in [-0.3, -0.25) is 9.35 Å². The minimum atomic E-state index is -3.99. The van der Waals surface area contributed by atoms with Gasteiger partial charge < -0.3 is 0 Å². The van der Waals surface area contributed by atoms with Gasteiger partial charge in [-0.2, -0.15) is 8.42 Å². The lowest BCUT2D eigenvalue weighted by Gasteiger charge is -2.02. The van der Waals surface area contributed by atoms with E-state index in [0.717, 1.165) is 19.3 Å². The van der Waals surface area contributed by atoms with Crippen LogP contribution in [0, 0.1) is 0 Å². The topological polar surface area (TPSA) is 71.4 Å². The Bertz CT molecular complexity index is 349. The second-order valence-corrected chi connectivity index (χ2v) is 7.43. The Kier molecular flexibility index (Phi) is 13.0. The van der Waals surface area contributed by atoms with Crippen LogP contribution in [0.2, 0.25) is 0 Å². The first-order valence-electron chi connectivity index (χ1n) is 8.42. The monoisotopic (exact) mass is 320 g/mol. The average molecular weight is 320 g/mol. The highest BCUT2D eigenvalue weighted by Crippen LogP contribution is 2.12. The SMILES string of the molecule is CCCCCCCCCCCCCC(=O)CCS(=O)(=O)O. The number of carbonyl (C=O) groups is 1. The lowest BCUT2D eigenvalue weighted by Crippen LogP contribution is -2.09. The Morgan fingerprint density at radius 2 is 1.19 bits per heavy atom. The van der Waals surface area contributed by atoms with Crippen molar-refractivity contribution in [1.29, 1.82) is 0 Å². The quantitative estimate of drug-likeness (QED) is 0.355. The first kappa shape index (κ1) is 20.6. The maximum Gasteiger partial charge on any atom is 0.265 e. The summed E-state index contributed by atoms with van der Waals surface area (Å²) in [7, 11) is -3.99. The molecule has 1 N–H and O–H groups in total. The third-order valence-electron chi connectivity index (χ3n) is 3.70. The van der Waals surface area contributed by atoms with Crippen molar-refractivity contribution in [1.82, 2.24) is 0 Å². The molecular formula is C16H32O4S. The van der Waals surface area contributed by atoms with Crippen LogP contribution in [0.25, 0.3) is 0 Å². The Morgan fingerprint density at radius 1 is 0.762 bits per heavy atom. The zero-order chi connectivity index (χ0) is 16.0. The van der Waals surface area contributed by atoms with E-state index in [4.69, 9.17) is 4.55 Å². The van der Waals surface area contributed by atoms with Crippen LogP contribution in [0.1, 0.15) is 90.4 Å². The van der Waals surface area contributed by atoms with Gasteiger partial charge in [0.1, 0.15) is 5.78 Å². The number of Topliss-reactive ketones (excluding diaryl/α,β-unsaturated/α-hetero) is 1. The number of unbranched alkanes of at least 4 members (excludes halogenated alkanes) is 10. The molecule has 0 atom stereocenters. The van der Waals surface area contributed by atoms with Gasteiger partial charge in [-0.05, 0) is 6.42 Å². The molecule has 0 rings (SSSR count). The molecule has 0 heterocycles. The Hall–Kier alpha value is -0.420. The molecule has 4 nitrogen and oxygen atoms in total. The fraction of sp³-hybridized carbons (Fsp3) is 0.938. The maximum atomic E-state index is 11.4. The van der Waals surface area contributed by atoms with Gasteiger partial charge in [-0.25, -0.2) is 0 Å². The predicted molar refractivity (Wildman–Crippen MR) is 87.1 cm³/mol. The molecule has 0 unspecified atom stereocenters. The average Bonchev–Trinajstić information content (AvgIpc) is 2.42. The summed E-state index contributed by atoms with van der Waals surface area (Å²) < 4.78 is 29.5. The fourth-order valence-corrected chi connectivity index (χ4v) is 2.84. The highest BCUT2D eigenvalue weighted by molar-refractivity contribution is 7.85. The Balaban J connectivity index is 3.23. The van der Waals surface area contributed by atoms with Crippen molar-refractivity contribution in [3.8, 4) is 0 Å². The highest BCUT2D eigenvalue weighted by atomic mass is 32.2. The minimum absolute atomic E-state index is 0.0589. The van der Waals surface area contributed by atoms with E-state index in [0.29, 0.717) is 6.42 Å². The van der Waals surface area contributed by atoms with Gasteiger partial charge in [0.25, 0.3) is 10.1 Å². The summed E-state index contributed by atoms with van der Waals surface area (Å²) in [5.41, 5.74) is 0. The largest absolute Gasteiger partial charge is 0.300 e. The van der Waals surface area contributed by atoms with E-state index in [9.17, 15) is 13.2 Å². The number of rotatable bonds is 15. The summed E-state index contributed by atoms with van der Waals surface area (Å²) in [4.78, 5) is 11.4. The zero-order valence-electron chi connectivity index (χ0n) is 13.5. The number of ketones is 1. The summed E-state index contributed by atoms with van der Waals surface area (Å²) in [6.45, 7) is 2.23. The van der Waals surface area contributed by atoms with Crippen LogP contribution in [-0.2, 0) is 14.9 Å². The standard InChI is InChI=1S/C16H32O4S/c1-2-3-4-5-6-7-8-9-10-11-12-13-16(17)14-15-21(18,19)20/h2-15H2,1H3,(H,18,19,20). The smallest absolute Gasteiger partial charge is 0.265 e. The molecule has 0 fully saturated rings. The van der Waals surface area contributed by atoms with E-state index in [-0.39, 0.29) is 12.2 Å². The van der Waals surface area contributed by atoms with E-state index in [2.05, 4.69) is 6.92 Å². The Morgan fingerprint density at radius 3 is 1.62 bits per heavy atom. The predicted octanol–water partition coefficient (Wildman–Crippen LogP) is 4.53. The van der Waals surface area contributed by atoms with E-state index in [1.165, 1.54) is 51.4 Å². The molecule has 0 saturated heterocycles. The van der Waals surface area contributed by atoms with Crippen molar-refractivity contribution in [3.63, 3.8) is 0 Å². The van der Waals surface area contributed by atoms with Crippen LogP contribution in [0.4, 0.5) is 0 Å². The van der Waals surface area contributed by atoms with Gasteiger partial charge >= 0.3 is 0 Å². The van der Waals surface area contributed by atoms with Crippen LogP contribution in [0.5, 0.6) is 0 Å². The molecule has 21 heavy (non-hydrogen) atoms. The number of hydrogen-bond acceptors (Lipinski definition) is 3. The molecule has 0 saturated carbocycles. The van der Waals surface area contributed by atoms with Crippen LogP contribution >= 0.6 is 0 Å². The van der Waals surface area contributed by atoms with Crippen molar-refractivity contribution >= 4 is 15.9 Å². The third-order valence-corrected chi connectivity index (χ3v) is 4.42. The van der Waals surface area contributed by atoms with Gasteiger partial charge in [0.05, 0.1) is 5.75 Å². The van der Waals surface area contributed by atoms with Gasteiger partial charge in [0.15, 0.2) is 0 Å². The summed E-state index contributed by atoms with van der Waals surface area (Å²) in [5.74, 6) is -0.507. The second-order valence-electron chi connectivity index (χ2n) is 5.86. The second kappa shape index (κ2) is 13.3. The van der Waals surface area contributed by atoms with Gasteiger partial charge in [-0.1, -0.05) is 71.1 Å². The molecule has 0 radical (unpaired) electrons. The van der Waals surface area contributed by atoms with Crippen molar-refractivity contribution in [2.75, 3.05) is 5.75 Å². The third kappa shape index (κ3) is 17.5. The maximum absolute atomic E-state index is 11.4. The van der Waals surface area contributed by atoms with Crippen LogP contribution < -0.4 is 0 Å². The molecule has 0 aliphatic heterocycles. The first-order chi connectivity index (χ1) is 9.95. The molecular weight excluding hydrogens is 288 g/mol. The van der Waals surface area contributed by atoms with Crippen molar-refractivity contribution in [3.05, 3.63) is 0 Å². The number of hydrogen-bond donors (Lipinski definition) is 1. The summed E-state index contributed by atoms with van der Waals surface area (Å²) >= 11 is 0. The highest BCUT2D eigenvalue weighted by Gasteiger charge is 2.09. The molecule has 126 valence electrons. The molecule has 0 aliphatic rings. The van der Waals surface area contributed by atoms with E-state index < -0.39 is 15.9 Å². The summed E-state index contributed by atoms with van der Waals surface area (Å²) in [6, 6.07) is 0. The van der Waals surface area contributed by atoms with Gasteiger partial charge in [0, 0.05) is 12.8 Å². The van der Waals surface area contributed by atoms with Crippen LogP contribution in [0.3, 0.4) is 0 Å². The number of carbonyl (C=O) groups excluding carboxylic acids is 1. The zero-order valence-corrected chi connectivity index (χ0v) is 14.3. The van der Waals surface area contributed by atoms with Crippen LogP contribution in [0.15, 0.2) is 0 Å². The Labute approximate surface area is 130 Å². The van der Waals surface area contributed by atoms with Crippen molar-refractivity contribution < 1.29 is 17.8 Å². The van der Waals surface area contributed by atoms with E-state index in [1.807, 2.05) is 0 Å². The van der Waals surface area contributed by atoms with Gasteiger partial charge in [0.2, 0.25) is 0 Å².